The number of carbonyl (C=O) groups is 2. The summed E-state index contributed by atoms with van der Waals surface area (Å²) in [5.41, 5.74) is -0.621. The van der Waals surface area contributed by atoms with Gasteiger partial charge in [-0.1, -0.05) is 53.0 Å². The summed E-state index contributed by atoms with van der Waals surface area (Å²) in [6, 6.07) is 2.41. The summed E-state index contributed by atoms with van der Waals surface area (Å²) in [6.45, 7) is -1.86. The maximum absolute atomic E-state index is 13.7. The van der Waals surface area contributed by atoms with Gasteiger partial charge in [-0.2, -0.15) is 39.5 Å². The highest BCUT2D eigenvalue weighted by Crippen LogP contribution is 2.41. The van der Waals surface area contributed by atoms with Crippen LogP contribution in [0.4, 0.5) is 39.5 Å². The number of allylic oxidation sites excluding steroid dienone is 1. The van der Waals surface area contributed by atoms with E-state index in [1.54, 1.807) is 0 Å². The first-order valence-corrected chi connectivity index (χ1v) is 12.5. The summed E-state index contributed by atoms with van der Waals surface area (Å²) in [5.74, 6) is -5.15. The van der Waals surface area contributed by atoms with Crippen molar-refractivity contribution in [3.05, 3.63) is 72.6 Å². The molecule has 0 saturated heterocycles. The lowest BCUT2D eigenvalue weighted by atomic mass is 9.97. The summed E-state index contributed by atoms with van der Waals surface area (Å²) in [5, 5.41) is 2.26. The molecule has 0 heterocycles. The number of hydrogen-bond acceptors (Lipinski definition) is 2. The van der Waals surface area contributed by atoms with Gasteiger partial charge in [0.1, 0.15) is 12.6 Å². The van der Waals surface area contributed by atoms with Gasteiger partial charge < -0.3 is 10.6 Å². The molecule has 0 aromatic heterocycles. The highest BCUT2D eigenvalue weighted by Gasteiger charge is 2.43. The van der Waals surface area contributed by atoms with Crippen LogP contribution >= 0.6 is 50.7 Å². The summed E-state index contributed by atoms with van der Waals surface area (Å²) in [6.07, 6.45) is -14.6. The van der Waals surface area contributed by atoms with Gasteiger partial charge in [0.25, 0.3) is 5.91 Å². The zero-order valence-corrected chi connectivity index (χ0v) is 23.2. The molecule has 4 nitrogen and oxygen atoms in total. The molecule has 0 saturated carbocycles. The average Bonchev–Trinajstić information content (AvgIpc) is 2.79. The molecule has 2 unspecified atom stereocenters. The number of alkyl halides is 9. The fraction of sp³-hybridized carbons (Fsp3) is 0.304. The molecular weight excluding hydrogens is 694 g/mol. The molecule has 2 N–H and O–H groups in total. The maximum atomic E-state index is 13.7. The van der Waals surface area contributed by atoms with Crippen molar-refractivity contribution in [2.75, 3.05) is 6.54 Å². The van der Waals surface area contributed by atoms with Crippen LogP contribution in [0.3, 0.4) is 0 Å². The number of halogens is 13. The smallest absolute Gasteiger partial charge is 0.347 e. The predicted octanol–water partition coefficient (Wildman–Crippen LogP) is 8.50. The van der Waals surface area contributed by atoms with Crippen LogP contribution < -0.4 is 10.6 Å². The van der Waals surface area contributed by atoms with Crippen LogP contribution in [0.25, 0.3) is 6.08 Å². The monoisotopic (exact) mass is 706 g/mol. The molecule has 2 atom stereocenters. The lowest BCUT2D eigenvalue weighted by Gasteiger charge is -2.22. The van der Waals surface area contributed by atoms with Crippen molar-refractivity contribution in [1.29, 1.82) is 0 Å². The van der Waals surface area contributed by atoms with Crippen molar-refractivity contribution < 1.29 is 49.1 Å². The Hall–Kier alpha value is -2.16. The quantitative estimate of drug-likeness (QED) is 0.214. The molecule has 220 valence electrons. The minimum absolute atomic E-state index is 0.0998. The molecule has 0 fully saturated rings. The number of carbonyl (C=O) groups excluding carboxylic acids is 2. The summed E-state index contributed by atoms with van der Waals surface area (Å²) < 4.78 is 118. The van der Waals surface area contributed by atoms with E-state index < -0.39 is 60.8 Å². The van der Waals surface area contributed by atoms with Gasteiger partial charge in [0, 0.05) is 4.47 Å². The topological polar surface area (TPSA) is 58.2 Å². The molecule has 2 rings (SSSR count). The third-order valence-electron chi connectivity index (χ3n) is 5.01. The Labute approximate surface area is 244 Å². The zero-order chi connectivity index (χ0) is 30.6. The minimum atomic E-state index is -5.19. The number of amides is 2. The van der Waals surface area contributed by atoms with E-state index in [2.05, 4.69) is 15.9 Å². The predicted molar refractivity (Wildman–Crippen MR) is 134 cm³/mol. The third-order valence-corrected chi connectivity index (χ3v) is 6.87. The third kappa shape index (κ3) is 10.0. The molecule has 2 amide bonds. The Morgan fingerprint density at radius 2 is 1.48 bits per heavy atom. The van der Waals surface area contributed by atoms with Crippen LogP contribution in [0, 0.1) is 0 Å². The van der Waals surface area contributed by atoms with E-state index in [0.717, 1.165) is 42.5 Å². The number of nitrogens with one attached hydrogen (secondary N) is 2. The molecule has 2 aromatic carbocycles. The van der Waals surface area contributed by atoms with Gasteiger partial charge >= 0.3 is 18.5 Å². The molecule has 0 aliphatic carbocycles. The normalized spacial score (nSPS) is 14.2. The van der Waals surface area contributed by atoms with E-state index in [0.29, 0.717) is 0 Å². The molecule has 40 heavy (non-hydrogen) atoms. The van der Waals surface area contributed by atoms with Crippen LogP contribution in [-0.4, -0.2) is 42.9 Å². The highest BCUT2D eigenvalue weighted by molar-refractivity contribution is 9.10. The fourth-order valence-electron chi connectivity index (χ4n) is 3.13. The average molecular weight is 709 g/mol. The highest BCUT2D eigenvalue weighted by atomic mass is 79.9. The molecule has 0 aliphatic heterocycles. The Balaban J connectivity index is 2.24. The fourth-order valence-corrected chi connectivity index (χ4v) is 4.32. The van der Waals surface area contributed by atoms with Gasteiger partial charge in [0.05, 0.1) is 33.0 Å². The van der Waals surface area contributed by atoms with Crippen LogP contribution in [0.1, 0.15) is 33.8 Å². The Morgan fingerprint density at radius 1 is 0.900 bits per heavy atom. The van der Waals surface area contributed by atoms with E-state index in [1.807, 2.05) is 0 Å². The number of hydrogen-bond donors (Lipinski definition) is 2. The van der Waals surface area contributed by atoms with E-state index in [4.69, 9.17) is 34.8 Å². The Kier molecular flexibility index (Phi) is 11.2. The van der Waals surface area contributed by atoms with Gasteiger partial charge in [-0.05, 0) is 51.3 Å². The van der Waals surface area contributed by atoms with Crippen molar-refractivity contribution in [1.82, 2.24) is 10.6 Å². The number of rotatable bonds is 8. The summed E-state index contributed by atoms with van der Waals surface area (Å²) in [7, 11) is 0. The van der Waals surface area contributed by atoms with E-state index in [-0.39, 0.29) is 30.7 Å². The van der Waals surface area contributed by atoms with Crippen LogP contribution in [0.5, 0.6) is 0 Å². The van der Waals surface area contributed by atoms with E-state index in [9.17, 15) is 49.1 Å². The lowest BCUT2D eigenvalue weighted by molar-refractivity contribution is -0.161. The first-order valence-electron chi connectivity index (χ1n) is 10.6. The van der Waals surface area contributed by atoms with Crippen LogP contribution in [0.15, 0.2) is 40.9 Å². The van der Waals surface area contributed by atoms with Gasteiger partial charge in [-0.3, -0.25) is 9.59 Å². The first-order chi connectivity index (χ1) is 18.2. The van der Waals surface area contributed by atoms with Crippen molar-refractivity contribution >= 4 is 68.6 Å². The minimum Gasteiger partial charge on any atom is -0.347 e. The first kappa shape index (κ1) is 34.0. The van der Waals surface area contributed by atoms with Gasteiger partial charge in [0.15, 0.2) is 0 Å². The van der Waals surface area contributed by atoms with E-state index >= 15 is 0 Å². The van der Waals surface area contributed by atoms with Crippen LogP contribution in [-0.2, 0) is 4.79 Å². The zero-order valence-electron chi connectivity index (χ0n) is 19.3. The second-order valence-electron chi connectivity index (χ2n) is 8.08. The second-order valence-corrected chi connectivity index (χ2v) is 10.1. The molecule has 0 spiro atoms. The summed E-state index contributed by atoms with van der Waals surface area (Å²) in [4.78, 5) is 24.0. The molecule has 0 radical (unpaired) electrons. The maximum Gasteiger partial charge on any atom is 0.409 e. The molecule has 2 aromatic rings. The SMILES string of the molecule is O=C(CC(NC(=O)c1ccc(/C=C/C(c2cc(Cl)c(Cl)c(Cl)c2)C(F)(F)F)cc1Br)C(F)(F)F)NCC(F)(F)F. The standard InChI is InChI=1S/C23H15BrCl3F9N2O2/c24-14-5-10(2-4-13(22(31,32)33)11-6-15(25)19(27)16(26)7-11)1-3-12(14)20(40)38-17(23(34,35)36)8-18(39)37-9-21(28,29)30/h1-7,13,17H,8-9H2,(H,37,39)(H,38,40)/b4-2+. The van der Waals surface area contributed by atoms with E-state index in [1.165, 1.54) is 10.6 Å². The van der Waals surface area contributed by atoms with Gasteiger partial charge in [0.2, 0.25) is 5.91 Å². The molecule has 0 bridgehead atoms. The lowest BCUT2D eigenvalue weighted by Crippen LogP contribution is -2.48. The van der Waals surface area contributed by atoms with Crippen molar-refractivity contribution in [3.8, 4) is 0 Å². The largest absolute Gasteiger partial charge is 0.409 e. The van der Waals surface area contributed by atoms with Crippen molar-refractivity contribution in [3.63, 3.8) is 0 Å². The number of benzene rings is 2. The van der Waals surface area contributed by atoms with Crippen molar-refractivity contribution in [2.24, 2.45) is 0 Å². The molecule has 0 aliphatic rings. The Morgan fingerprint density at radius 3 is 1.95 bits per heavy atom. The Bertz CT molecular complexity index is 1260. The second kappa shape index (κ2) is 13.2. The van der Waals surface area contributed by atoms with Gasteiger partial charge in [-0.15, -0.1) is 0 Å². The van der Waals surface area contributed by atoms with Crippen LogP contribution in [0.2, 0.25) is 15.1 Å². The van der Waals surface area contributed by atoms with Crippen molar-refractivity contribution in [2.45, 2.75) is 36.9 Å². The molecule has 17 heteroatoms. The summed E-state index contributed by atoms with van der Waals surface area (Å²) >= 11 is 20.4. The molecular formula is C23H15BrCl3F9N2O2. The van der Waals surface area contributed by atoms with Gasteiger partial charge in [-0.25, -0.2) is 0 Å².